The van der Waals surface area contributed by atoms with Crippen molar-refractivity contribution in [2.24, 2.45) is 0 Å². The molecule has 0 aliphatic heterocycles. The van der Waals surface area contributed by atoms with Gasteiger partial charge in [0.1, 0.15) is 0 Å². The Morgan fingerprint density at radius 2 is 1.33 bits per heavy atom. The third-order valence-corrected chi connectivity index (χ3v) is 11.1. The molecule has 0 unspecified atom stereocenters. The van der Waals surface area contributed by atoms with Crippen LogP contribution in [0.1, 0.15) is 59.8 Å². The monoisotopic (exact) mass is 630 g/mol. The smallest absolute Gasteiger partial charge is 0 e. The van der Waals surface area contributed by atoms with E-state index < -0.39 is 20.5 Å². The molecule has 2 atom stereocenters. The summed E-state index contributed by atoms with van der Waals surface area (Å²) < 4.78 is 29.3. The van der Waals surface area contributed by atoms with Crippen LogP contribution in [0.2, 0.25) is 5.04 Å². The number of benzene rings is 2. The van der Waals surface area contributed by atoms with E-state index in [1.54, 1.807) is 12.8 Å². The zero-order valence-corrected chi connectivity index (χ0v) is 27.0. The summed E-state index contributed by atoms with van der Waals surface area (Å²) in [5.41, 5.74) is 0. The van der Waals surface area contributed by atoms with Crippen LogP contribution >= 0.6 is 0 Å². The van der Waals surface area contributed by atoms with E-state index in [2.05, 4.69) is 108 Å². The van der Waals surface area contributed by atoms with Crippen LogP contribution in [0.4, 0.5) is 0 Å². The predicted octanol–water partition coefficient (Wildman–Crippen LogP) is 4.96. The molecule has 0 fully saturated rings. The maximum atomic E-state index is 10.2. The van der Waals surface area contributed by atoms with Crippen LogP contribution in [-0.4, -0.2) is 37.3 Å². The average molecular weight is 631 g/mol. The van der Waals surface area contributed by atoms with Crippen LogP contribution in [0.3, 0.4) is 0 Å². The van der Waals surface area contributed by atoms with E-state index in [1.807, 2.05) is 25.0 Å². The molecule has 0 aromatic heterocycles. The molecule has 0 amide bonds. The molecule has 0 bridgehead atoms. The van der Waals surface area contributed by atoms with Gasteiger partial charge >= 0.3 is 33.9 Å². The first kappa shape index (κ1) is 44.3. The summed E-state index contributed by atoms with van der Waals surface area (Å²) in [7, 11) is -2.56. The maximum absolute atomic E-state index is 10.2. The van der Waals surface area contributed by atoms with E-state index in [0.717, 1.165) is 12.8 Å². The SMILES string of the molecule is CCCCCC#CC[C@H](O)[C@H](O)[CH][CH][CH][CH]CO[Si](c1ccccc1)(c1ccccc1)C(C)(C)C.[C-]#[O+].[C-]#[O+].[C-]#[O+].[Fe]. The van der Waals surface area contributed by atoms with Crippen LogP contribution in [0.15, 0.2) is 60.7 Å². The molecule has 226 valence electrons. The molecule has 42 heavy (non-hydrogen) atoms. The predicted molar refractivity (Wildman–Crippen MR) is 161 cm³/mol. The number of aliphatic hydroxyl groups excluding tert-OH is 2. The van der Waals surface area contributed by atoms with Crippen molar-refractivity contribution < 1.29 is 45.7 Å². The topological polar surface area (TPSA) is 109 Å². The van der Waals surface area contributed by atoms with Gasteiger partial charge in [-0.15, -0.1) is 11.8 Å². The van der Waals surface area contributed by atoms with Crippen molar-refractivity contribution in [3.8, 4) is 11.8 Å². The fraction of sp³-hybridized carbons (Fsp3) is 0.382. The first-order valence-electron chi connectivity index (χ1n) is 13.3. The molecule has 0 spiro atoms. The Balaban J connectivity index is -0.00000203. The summed E-state index contributed by atoms with van der Waals surface area (Å²) >= 11 is 0. The molecule has 2 rings (SSSR count). The fourth-order valence-electron chi connectivity index (χ4n) is 4.22. The van der Waals surface area contributed by atoms with Crippen LogP contribution in [0.5, 0.6) is 0 Å². The third-order valence-electron chi connectivity index (χ3n) is 6.10. The fourth-order valence-corrected chi connectivity index (χ4v) is 8.73. The van der Waals surface area contributed by atoms with E-state index in [1.165, 1.54) is 23.2 Å². The van der Waals surface area contributed by atoms with Gasteiger partial charge in [0.15, 0.2) is 0 Å². The number of rotatable bonds is 14. The van der Waals surface area contributed by atoms with Crippen molar-refractivity contribution in [2.75, 3.05) is 6.61 Å². The van der Waals surface area contributed by atoms with Gasteiger partial charge in [-0.25, -0.2) is 0 Å². The number of unbranched alkanes of at least 4 members (excludes halogenated alkanes) is 5. The van der Waals surface area contributed by atoms with Crippen molar-refractivity contribution in [1.29, 1.82) is 0 Å². The largest absolute Gasteiger partial charge is 0 e. The number of aliphatic hydroxyl groups is 2. The van der Waals surface area contributed by atoms with Gasteiger partial charge < -0.3 is 14.6 Å². The molecule has 6 nitrogen and oxygen atoms in total. The Bertz CT molecular complexity index is 969. The normalized spacial score (nSPS) is 11.5. The summed E-state index contributed by atoms with van der Waals surface area (Å²) in [6, 6.07) is 21.1. The Morgan fingerprint density at radius 3 is 1.79 bits per heavy atom. The van der Waals surface area contributed by atoms with Crippen LogP contribution in [-0.2, 0) is 35.5 Å². The molecule has 0 aliphatic carbocycles. The summed E-state index contributed by atoms with van der Waals surface area (Å²) in [6.07, 6.45) is 9.92. The van der Waals surface area contributed by atoms with Crippen LogP contribution in [0, 0.1) is 57.5 Å². The molecular formula is C34H42FeO6Si. The molecule has 2 aromatic rings. The maximum Gasteiger partial charge on any atom is 0 e. The average Bonchev–Trinajstić information content (AvgIpc) is 3.01. The Kier molecular flexibility index (Phi) is 29.2. The van der Waals surface area contributed by atoms with Gasteiger partial charge in [-0.3, -0.25) is 0 Å². The molecule has 2 N–H and O–H groups in total. The molecule has 0 heterocycles. The Labute approximate surface area is 265 Å². The second kappa shape index (κ2) is 27.7. The van der Waals surface area contributed by atoms with E-state index in [9.17, 15) is 10.2 Å². The van der Waals surface area contributed by atoms with Crippen LogP contribution < -0.4 is 10.4 Å². The molecule has 8 heteroatoms. The van der Waals surface area contributed by atoms with Gasteiger partial charge in [0.05, 0.1) is 12.2 Å². The molecule has 2 aromatic carbocycles. The van der Waals surface area contributed by atoms with Gasteiger partial charge in [-0.1, -0.05) is 101 Å². The molecule has 0 aliphatic rings. The minimum absolute atomic E-state index is 0. The van der Waals surface area contributed by atoms with E-state index in [4.69, 9.17) is 18.4 Å². The van der Waals surface area contributed by atoms with E-state index >= 15 is 0 Å². The van der Waals surface area contributed by atoms with E-state index in [0.29, 0.717) is 6.61 Å². The Hall–Kier alpha value is -2.16. The van der Waals surface area contributed by atoms with Crippen molar-refractivity contribution >= 4 is 18.7 Å². The van der Waals surface area contributed by atoms with Gasteiger partial charge in [-0.05, 0) is 47.5 Å². The van der Waals surface area contributed by atoms with Gasteiger partial charge in [0, 0.05) is 36.5 Å². The van der Waals surface area contributed by atoms with Crippen LogP contribution in [0.25, 0.3) is 0 Å². The van der Waals surface area contributed by atoms with Crippen molar-refractivity contribution in [3.05, 3.63) is 106 Å². The Morgan fingerprint density at radius 1 is 0.833 bits per heavy atom. The minimum atomic E-state index is -2.56. The molecule has 4 radical (unpaired) electrons. The standard InChI is InChI=1S/C31H42O3Si.3CO.Fe/c1-5-6-7-8-9-17-24-29(32)30(33)25-18-12-19-26-34-35(31(2,3)4,27-20-13-10-14-21-27)28-22-15-11-16-23-28;3*1-2;/h10-16,18-23,25,29-30,32-33H,5-8,24,26H2,1-4H3;;;;/t29-,30+;;;;/m0..../s1. The van der Waals surface area contributed by atoms with Gasteiger partial charge in [0.2, 0.25) is 0 Å². The first-order chi connectivity index (χ1) is 19.8. The van der Waals surface area contributed by atoms with Crippen molar-refractivity contribution in [3.63, 3.8) is 0 Å². The molecule has 0 saturated carbocycles. The quantitative estimate of drug-likeness (QED) is 0.101. The summed E-state index contributed by atoms with van der Waals surface area (Å²) in [5, 5.41) is 22.7. The number of hydrogen-bond acceptors (Lipinski definition) is 3. The molecule has 0 saturated heterocycles. The van der Waals surface area contributed by atoms with Crippen molar-refractivity contribution in [2.45, 2.75) is 77.0 Å². The second-order valence-corrected chi connectivity index (χ2v) is 14.2. The van der Waals surface area contributed by atoms with Crippen molar-refractivity contribution in [1.82, 2.24) is 0 Å². The van der Waals surface area contributed by atoms with E-state index in [-0.39, 0.29) is 28.5 Å². The van der Waals surface area contributed by atoms with Gasteiger partial charge in [0.25, 0.3) is 8.32 Å². The third kappa shape index (κ3) is 15.9. The summed E-state index contributed by atoms with van der Waals surface area (Å²) in [5.74, 6) is 6.04. The minimum Gasteiger partial charge on any atom is 0 e. The molecular weight excluding hydrogens is 588 g/mol. The summed E-state index contributed by atoms with van der Waals surface area (Å²) in [6.45, 7) is 22.9. The first-order valence-corrected chi connectivity index (χ1v) is 15.2. The zero-order chi connectivity index (χ0) is 31.6. The second-order valence-electron chi connectivity index (χ2n) is 9.86. The summed E-state index contributed by atoms with van der Waals surface area (Å²) in [4.78, 5) is 0. The number of hydrogen-bond donors (Lipinski definition) is 2. The van der Waals surface area contributed by atoms with Gasteiger partial charge in [-0.2, -0.15) is 0 Å². The zero-order valence-electron chi connectivity index (χ0n) is 24.9.